The molecule has 0 saturated heterocycles. The maximum absolute atomic E-state index is 8.34. The van der Waals surface area contributed by atoms with Gasteiger partial charge in [0.1, 0.15) is 0 Å². The molecule has 0 aromatic rings. The maximum Gasteiger partial charge on any atom is -0.0125 e. The molecule has 0 aliphatic carbocycles. The Balaban J connectivity index is -0.00000000500. The van der Waals surface area contributed by atoms with Gasteiger partial charge in [0.15, 0.2) is 0 Å². The van der Waals surface area contributed by atoms with Crippen molar-refractivity contribution in [3.63, 3.8) is 0 Å². The minimum Gasteiger partial charge on any atom is -0.0125 e. The first-order valence-corrected chi connectivity index (χ1v) is 1.21. The molecule has 0 heterocycles. The van der Waals surface area contributed by atoms with Gasteiger partial charge in [0, 0.05) is 17.1 Å². The summed E-state index contributed by atoms with van der Waals surface area (Å²) in [5.74, 6) is 0. The largest absolute Gasteiger partial charge is 0.0125 e. The normalized spacial score (nSPS) is 0.750. The van der Waals surface area contributed by atoms with Crippen LogP contribution in [0.15, 0.2) is 0 Å². The Hall–Kier alpha value is 1.42. The summed E-state index contributed by atoms with van der Waals surface area (Å²) in [5.41, 5.74) is 0. The fourth-order valence-corrected chi connectivity index (χ4v) is 0. The van der Waals surface area contributed by atoms with Crippen LogP contribution in [0.1, 0.15) is 0 Å². The molecule has 0 aromatic heterocycles. The van der Waals surface area contributed by atoms with Gasteiger partial charge in [-0.05, 0) is 11.0 Å². The molecule has 4 heavy (non-hydrogen) atoms. The van der Waals surface area contributed by atoms with Gasteiger partial charge in [-0.15, -0.1) is 0 Å². The molecule has 4 heteroatoms. The van der Waals surface area contributed by atoms with Gasteiger partial charge in [0.2, 0.25) is 0 Å². The van der Waals surface area contributed by atoms with Crippen molar-refractivity contribution in [3.8, 4) is 0 Å². The first-order chi connectivity index (χ1) is 1.00. The summed E-state index contributed by atoms with van der Waals surface area (Å²) in [6, 6.07) is 0. The van der Waals surface area contributed by atoms with Crippen LogP contribution in [-0.2, 0) is 44.6 Å². The molecule has 0 aromatic carbocycles. The molecule has 0 aliphatic rings. The van der Waals surface area contributed by atoms with Crippen LogP contribution in [-0.4, -0.2) is 11.0 Å². The average molecular weight is 193 g/mol. The molecule has 24 valence electrons. The summed E-state index contributed by atoms with van der Waals surface area (Å²) >= 11 is 0.300. The van der Waals surface area contributed by atoms with Crippen molar-refractivity contribution in [1.29, 1.82) is 0 Å². The van der Waals surface area contributed by atoms with Crippen LogP contribution >= 0.6 is 0 Å². The van der Waals surface area contributed by atoms with Crippen LogP contribution in [0, 0.1) is 0 Å². The third-order valence-electron chi connectivity index (χ3n) is 0. The van der Waals surface area contributed by atoms with Crippen LogP contribution in [0.5, 0.6) is 0 Å². The van der Waals surface area contributed by atoms with Gasteiger partial charge in [0.05, 0.1) is 0 Å². The number of hydrogen-bond acceptors (Lipinski definition) is 1. The van der Waals surface area contributed by atoms with Crippen LogP contribution in [0.4, 0.5) is 0 Å². The van der Waals surface area contributed by atoms with Crippen molar-refractivity contribution in [2.45, 2.75) is 0 Å². The van der Waals surface area contributed by atoms with Crippen LogP contribution in [0.25, 0.3) is 0 Å². The minimum absolute atomic E-state index is 0. The van der Waals surface area contributed by atoms with E-state index >= 15 is 0 Å². The van der Waals surface area contributed by atoms with E-state index in [1.54, 1.807) is 0 Å². The molecule has 2 radical (unpaired) electrons. The molecule has 0 fully saturated rings. The Bertz CT molecular complexity index is 8.00. The van der Waals surface area contributed by atoms with Crippen LogP contribution in [0.3, 0.4) is 0 Å². The van der Waals surface area contributed by atoms with E-state index in [4.69, 9.17) is 2.81 Å². The van der Waals surface area contributed by atoms with Crippen molar-refractivity contribution in [1.82, 2.24) is 0 Å². The average Bonchev–Trinajstić information content (AvgIpc) is 1.00. The van der Waals surface area contributed by atoms with E-state index in [-0.39, 0.29) is 28.0 Å². The molecule has 0 rings (SSSR count). The zero-order valence-corrected chi connectivity index (χ0v) is 7.92. The molecule has 0 aliphatic heterocycles. The van der Waals surface area contributed by atoms with Crippen molar-refractivity contribution >= 4 is 11.0 Å². The van der Waals surface area contributed by atoms with E-state index in [1.165, 1.54) is 0 Å². The fourth-order valence-electron chi connectivity index (χ4n) is 0. The molecular weight excluding hydrogens is 190 g/mol. The van der Waals surface area contributed by atoms with E-state index in [0.29, 0.717) is 24.7 Å². The predicted octanol–water partition coefficient (Wildman–Crippen LogP) is -1.31. The Labute approximate surface area is 55.3 Å². The van der Waals surface area contributed by atoms with E-state index in [2.05, 4.69) is 0 Å². The van der Waals surface area contributed by atoms with E-state index < -0.39 is 0 Å². The van der Waals surface area contributed by atoms with E-state index in [1.807, 2.05) is 0 Å². The smallest absolute Gasteiger partial charge is 0.0125 e. The molecule has 0 atom stereocenters. The third kappa shape index (κ3) is 9.93. The minimum atomic E-state index is 0. The summed E-state index contributed by atoms with van der Waals surface area (Å²) in [7, 11) is 0. The standard InChI is InChI=1S/Mn.O.H3Si.Zr/h;;1H3;. The molecular formula is H3MnOSiZr. The second-order valence-electron chi connectivity index (χ2n) is 0. The molecule has 0 spiro atoms. The predicted molar refractivity (Wildman–Crippen MR) is 10.6 cm³/mol. The van der Waals surface area contributed by atoms with Crippen LogP contribution in [0.2, 0.25) is 0 Å². The summed E-state index contributed by atoms with van der Waals surface area (Å²) in [6.45, 7) is 0. The zero-order chi connectivity index (χ0) is 2.00. The van der Waals surface area contributed by atoms with Gasteiger partial charge in [-0.25, -0.2) is 0 Å². The van der Waals surface area contributed by atoms with Gasteiger partial charge in [0.25, 0.3) is 0 Å². The Morgan fingerprint density at radius 3 is 1.25 bits per heavy atom. The summed E-state index contributed by atoms with van der Waals surface area (Å²) in [6.07, 6.45) is 0. The van der Waals surface area contributed by atoms with Gasteiger partial charge in [-0.1, -0.05) is 0 Å². The number of hydrogen-bond donors (Lipinski definition) is 0. The van der Waals surface area contributed by atoms with Gasteiger partial charge in [-0.3, -0.25) is 0 Å². The third-order valence-corrected chi connectivity index (χ3v) is 0. The zero-order valence-electron chi connectivity index (χ0n) is 2.29. The fraction of sp³-hybridized carbons (Fsp3) is 0. The van der Waals surface area contributed by atoms with Crippen molar-refractivity contribution in [3.05, 3.63) is 0 Å². The second kappa shape index (κ2) is 25.6. The van der Waals surface area contributed by atoms with Crippen LogP contribution < -0.4 is 0 Å². The van der Waals surface area contributed by atoms with Crippen molar-refractivity contribution < 1.29 is 44.6 Å². The first-order valence-electron chi connectivity index (χ1n) is 0.204. The molecule has 0 amide bonds. The quantitative estimate of drug-likeness (QED) is 0.437. The van der Waals surface area contributed by atoms with E-state index in [0.717, 1.165) is 0 Å². The van der Waals surface area contributed by atoms with Gasteiger partial charge >= 0.3 is 27.5 Å². The summed E-state index contributed by atoms with van der Waals surface area (Å²) in [5, 5.41) is 0. The summed E-state index contributed by atoms with van der Waals surface area (Å²) < 4.78 is 8.34. The summed E-state index contributed by atoms with van der Waals surface area (Å²) in [4.78, 5) is 0. The monoisotopic (exact) mass is 192 g/mol. The topological polar surface area (TPSA) is 17.1 Å². The van der Waals surface area contributed by atoms with Crippen molar-refractivity contribution in [2.24, 2.45) is 0 Å². The first kappa shape index (κ1) is 18.1. The molecule has 0 bridgehead atoms. The molecule has 0 N–H and O–H groups in total. The Morgan fingerprint density at radius 2 is 1.25 bits per heavy atom. The molecule has 1 nitrogen and oxygen atoms in total. The number of rotatable bonds is 0. The Morgan fingerprint density at radius 1 is 1.25 bits per heavy atom. The van der Waals surface area contributed by atoms with E-state index in [9.17, 15) is 0 Å². The van der Waals surface area contributed by atoms with Gasteiger partial charge in [-0.2, -0.15) is 0 Å². The van der Waals surface area contributed by atoms with Gasteiger partial charge < -0.3 is 0 Å². The van der Waals surface area contributed by atoms with Crippen molar-refractivity contribution in [2.75, 3.05) is 0 Å². The Kier molecular flexibility index (Phi) is 116. The SMILES string of the molecule is [Mn].[O]=[Zr].[SiH3]. The second-order valence-corrected chi connectivity index (χ2v) is 0. The maximum atomic E-state index is 8.34. The molecule has 0 unspecified atom stereocenters. The molecule has 0 saturated carbocycles.